The van der Waals surface area contributed by atoms with Crippen LogP contribution in [0.3, 0.4) is 0 Å². The number of hydrogen-bond donors (Lipinski definition) is 1. The number of benzene rings is 1. The Morgan fingerprint density at radius 1 is 1.38 bits per heavy atom. The Morgan fingerprint density at radius 3 is 2.90 bits per heavy atom. The predicted molar refractivity (Wildman–Crippen MR) is 81.3 cm³/mol. The molecule has 21 heavy (non-hydrogen) atoms. The normalized spacial score (nSPS) is 25.3. The Kier molecular flexibility index (Phi) is 2.49. The number of carbonyl (C=O) groups is 1. The molecule has 0 saturated heterocycles. The molecule has 1 aromatic heterocycles. The van der Waals surface area contributed by atoms with Gasteiger partial charge in [-0.25, -0.2) is 10.4 Å². The van der Waals surface area contributed by atoms with Crippen molar-refractivity contribution in [2.24, 2.45) is 5.10 Å². The van der Waals surface area contributed by atoms with Crippen LogP contribution in [0.15, 0.2) is 23.3 Å². The van der Waals surface area contributed by atoms with Gasteiger partial charge in [0.1, 0.15) is 5.82 Å². The molecule has 5 nitrogen and oxygen atoms in total. The van der Waals surface area contributed by atoms with Crippen LogP contribution in [0.1, 0.15) is 43.6 Å². The zero-order valence-electron chi connectivity index (χ0n) is 12.3. The number of rotatable bonds is 2. The molecule has 108 valence electrons. The molecule has 1 fully saturated rings. The average Bonchev–Trinajstić information content (AvgIpc) is 3.20. The number of aryl methyl sites for hydroxylation is 1. The van der Waals surface area contributed by atoms with Gasteiger partial charge in [-0.05, 0) is 44.4 Å². The summed E-state index contributed by atoms with van der Waals surface area (Å²) < 4.78 is 2.34. The number of amides is 1. The number of hydrogen-bond acceptors (Lipinski definition) is 3. The third-order valence-corrected chi connectivity index (χ3v) is 4.50. The maximum Gasteiger partial charge on any atom is 0.241 e. The fourth-order valence-electron chi connectivity index (χ4n) is 3.20. The second-order valence-electron chi connectivity index (χ2n) is 6.35. The SMILES string of the molecule is Cc1nc2ccc(C3(C)C=NNC(=O)C3)cc2n1C1CC1. The summed E-state index contributed by atoms with van der Waals surface area (Å²) in [6, 6.07) is 6.90. The minimum atomic E-state index is -0.344. The first-order chi connectivity index (χ1) is 10.1. The molecule has 1 amide bonds. The maximum absolute atomic E-state index is 11.7. The summed E-state index contributed by atoms with van der Waals surface area (Å²) in [5.41, 5.74) is 5.48. The summed E-state index contributed by atoms with van der Waals surface area (Å²) in [5, 5.41) is 4.00. The first-order valence-corrected chi connectivity index (χ1v) is 7.39. The van der Waals surface area contributed by atoms with E-state index in [4.69, 9.17) is 0 Å². The Morgan fingerprint density at radius 2 is 2.19 bits per heavy atom. The highest BCUT2D eigenvalue weighted by Crippen LogP contribution is 2.39. The lowest BCUT2D eigenvalue weighted by Gasteiger charge is -2.27. The van der Waals surface area contributed by atoms with E-state index in [1.807, 2.05) is 6.21 Å². The van der Waals surface area contributed by atoms with Crippen molar-refractivity contribution >= 4 is 23.2 Å². The minimum Gasteiger partial charge on any atom is -0.325 e. The maximum atomic E-state index is 11.7. The largest absolute Gasteiger partial charge is 0.325 e. The van der Waals surface area contributed by atoms with E-state index in [0.717, 1.165) is 16.9 Å². The second kappa shape index (κ2) is 4.16. The molecular formula is C16H18N4O. The molecule has 1 unspecified atom stereocenters. The molecular weight excluding hydrogens is 264 g/mol. The van der Waals surface area contributed by atoms with Crippen molar-refractivity contribution in [1.29, 1.82) is 0 Å². The predicted octanol–water partition coefficient (Wildman–Crippen LogP) is 2.44. The lowest BCUT2D eigenvalue weighted by atomic mass is 9.79. The molecule has 1 aliphatic carbocycles. The third-order valence-electron chi connectivity index (χ3n) is 4.50. The molecule has 1 atom stereocenters. The van der Waals surface area contributed by atoms with Crippen LogP contribution >= 0.6 is 0 Å². The van der Waals surface area contributed by atoms with Crippen molar-refractivity contribution in [3.8, 4) is 0 Å². The first kappa shape index (κ1) is 12.6. The number of nitrogens with one attached hydrogen (secondary N) is 1. The van der Waals surface area contributed by atoms with Gasteiger partial charge >= 0.3 is 0 Å². The number of hydrazone groups is 1. The van der Waals surface area contributed by atoms with Crippen molar-refractivity contribution in [1.82, 2.24) is 15.0 Å². The molecule has 0 radical (unpaired) electrons. The van der Waals surface area contributed by atoms with Gasteiger partial charge in [-0.2, -0.15) is 5.10 Å². The van der Waals surface area contributed by atoms with Crippen LogP contribution in [0.2, 0.25) is 0 Å². The van der Waals surface area contributed by atoms with E-state index in [2.05, 4.69) is 52.1 Å². The highest BCUT2D eigenvalue weighted by molar-refractivity contribution is 5.90. The molecule has 1 aromatic carbocycles. The van der Waals surface area contributed by atoms with E-state index < -0.39 is 0 Å². The molecule has 2 aliphatic rings. The number of nitrogens with zero attached hydrogens (tertiary/aromatic N) is 3. The smallest absolute Gasteiger partial charge is 0.241 e. The Bertz CT molecular complexity index is 772. The van der Waals surface area contributed by atoms with Crippen LogP contribution in [0.5, 0.6) is 0 Å². The van der Waals surface area contributed by atoms with Crippen LogP contribution in [0.4, 0.5) is 0 Å². The monoisotopic (exact) mass is 282 g/mol. The second-order valence-corrected chi connectivity index (χ2v) is 6.35. The van der Waals surface area contributed by atoms with Crippen LogP contribution in [0, 0.1) is 6.92 Å². The molecule has 1 aliphatic heterocycles. The number of fused-ring (bicyclic) bond motifs is 1. The van der Waals surface area contributed by atoms with E-state index in [-0.39, 0.29) is 11.3 Å². The lowest BCUT2D eigenvalue weighted by Crippen LogP contribution is -2.37. The fourth-order valence-corrected chi connectivity index (χ4v) is 3.20. The fraction of sp³-hybridized carbons (Fsp3) is 0.438. The summed E-state index contributed by atoms with van der Waals surface area (Å²) in [4.78, 5) is 16.3. The Labute approximate surface area is 123 Å². The van der Waals surface area contributed by atoms with Crippen LogP contribution in [-0.4, -0.2) is 21.7 Å². The topological polar surface area (TPSA) is 59.3 Å². The summed E-state index contributed by atoms with van der Waals surface area (Å²) in [7, 11) is 0. The molecule has 0 bridgehead atoms. The van der Waals surface area contributed by atoms with Crippen molar-refractivity contribution in [3.05, 3.63) is 29.6 Å². The Balaban J connectivity index is 1.86. The van der Waals surface area contributed by atoms with E-state index in [1.165, 1.54) is 18.4 Å². The van der Waals surface area contributed by atoms with E-state index in [9.17, 15) is 4.79 Å². The van der Waals surface area contributed by atoms with Gasteiger partial charge in [0.15, 0.2) is 0 Å². The van der Waals surface area contributed by atoms with Crippen LogP contribution in [-0.2, 0) is 10.2 Å². The van der Waals surface area contributed by atoms with Gasteiger partial charge in [0.05, 0.1) is 11.0 Å². The van der Waals surface area contributed by atoms with E-state index in [0.29, 0.717) is 12.5 Å². The third kappa shape index (κ3) is 1.95. The lowest BCUT2D eigenvalue weighted by molar-refractivity contribution is -0.122. The first-order valence-electron chi connectivity index (χ1n) is 7.39. The van der Waals surface area contributed by atoms with Gasteiger partial charge in [-0.1, -0.05) is 6.07 Å². The van der Waals surface area contributed by atoms with Crippen molar-refractivity contribution in [3.63, 3.8) is 0 Å². The van der Waals surface area contributed by atoms with Gasteiger partial charge in [0.25, 0.3) is 0 Å². The van der Waals surface area contributed by atoms with Gasteiger partial charge < -0.3 is 4.57 Å². The highest BCUT2D eigenvalue weighted by Gasteiger charge is 2.32. The van der Waals surface area contributed by atoms with Gasteiger partial charge in [-0.15, -0.1) is 0 Å². The molecule has 5 heteroatoms. The molecule has 1 N–H and O–H groups in total. The molecule has 2 aromatic rings. The number of carbonyl (C=O) groups excluding carboxylic acids is 1. The summed E-state index contributed by atoms with van der Waals surface area (Å²) in [5.74, 6) is 1.04. The van der Waals surface area contributed by atoms with E-state index >= 15 is 0 Å². The standard InChI is InChI=1S/C16H18N4O/c1-10-18-13-6-3-11(7-14(13)20(10)12-4-5-12)16(2)8-15(21)19-17-9-16/h3,6-7,9,12H,4-5,8H2,1-2H3,(H,19,21). The molecule has 0 spiro atoms. The highest BCUT2D eigenvalue weighted by atomic mass is 16.2. The summed E-state index contributed by atoms with van der Waals surface area (Å²) in [6.07, 6.45) is 4.73. The molecule has 4 rings (SSSR count). The van der Waals surface area contributed by atoms with Crippen LogP contribution < -0.4 is 5.43 Å². The van der Waals surface area contributed by atoms with Gasteiger partial charge in [-0.3, -0.25) is 4.79 Å². The number of aromatic nitrogens is 2. The van der Waals surface area contributed by atoms with Crippen molar-refractivity contribution in [2.75, 3.05) is 0 Å². The van der Waals surface area contributed by atoms with Crippen molar-refractivity contribution in [2.45, 2.75) is 44.6 Å². The van der Waals surface area contributed by atoms with Gasteiger partial charge in [0.2, 0.25) is 5.91 Å². The van der Waals surface area contributed by atoms with Crippen LogP contribution in [0.25, 0.3) is 11.0 Å². The zero-order chi connectivity index (χ0) is 14.6. The zero-order valence-corrected chi connectivity index (χ0v) is 12.3. The summed E-state index contributed by atoms with van der Waals surface area (Å²) >= 11 is 0. The molecule has 1 saturated carbocycles. The quantitative estimate of drug-likeness (QED) is 0.919. The average molecular weight is 282 g/mol. The minimum absolute atomic E-state index is 0.0352. The summed E-state index contributed by atoms with van der Waals surface area (Å²) in [6.45, 7) is 4.12. The molecule has 2 heterocycles. The van der Waals surface area contributed by atoms with Gasteiger partial charge in [0, 0.05) is 24.1 Å². The Hall–Kier alpha value is -2.17. The van der Waals surface area contributed by atoms with E-state index in [1.54, 1.807) is 0 Å². The van der Waals surface area contributed by atoms with Crippen molar-refractivity contribution < 1.29 is 4.79 Å². The number of imidazole rings is 1.